The number of aryl methyl sites for hydroxylation is 1. The maximum Gasteiger partial charge on any atom is 0.264 e. The van der Waals surface area contributed by atoms with Crippen LogP contribution in [-0.2, 0) is 14.8 Å². The van der Waals surface area contributed by atoms with E-state index in [-0.39, 0.29) is 10.6 Å². The molecule has 0 bridgehead atoms. The Hall–Kier alpha value is -3.99. The van der Waals surface area contributed by atoms with E-state index in [4.69, 9.17) is 32.7 Å². The van der Waals surface area contributed by atoms with Gasteiger partial charge in [0.1, 0.15) is 6.54 Å². The van der Waals surface area contributed by atoms with Crippen LogP contribution in [0.2, 0.25) is 10.0 Å². The first-order valence-electron chi connectivity index (χ1n) is 12.3. The summed E-state index contributed by atoms with van der Waals surface area (Å²) in [6.45, 7) is 3.31. The molecule has 41 heavy (non-hydrogen) atoms. The van der Waals surface area contributed by atoms with Crippen LogP contribution >= 0.6 is 23.2 Å². The molecule has 4 rings (SSSR count). The van der Waals surface area contributed by atoms with Crippen molar-refractivity contribution in [2.45, 2.75) is 18.7 Å². The highest BCUT2D eigenvalue weighted by Gasteiger charge is 2.28. The number of hydrogen-bond acceptors (Lipinski definition) is 6. The first-order chi connectivity index (χ1) is 19.5. The third-order valence-electron chi connectivity index (χ3n) is 6.24. The number of methoxy groups -OCH3 is 2. The molecular weight excluding hydrogens is 587 g/mol. The van der Waals surface area contributed by atoms with Crippen LogP contribution in [0.3, 0.4) is 0 Å². The van der Waals surface area contributed by atoms with Gasteiger partial charge in [0.15, 0.2) is 11.5 Å². The Balaban J connectivity index is 1.57. The van der Waals surface area contributed by atoms with E-state index in [9.17, 15) is 13.2 Å². The largest absolute Gasteiger partial charge is 0.493 e. The average Bonchev–Trinajstić information content (AvgIpc) is 3.23. The predicted octanol–water partition coefficient (Wildman–Crippen LogP) is 5.76. The smallest absolute Gasteiger partial charge is 0.264 e. The number of hydrazone groups is 1. The van der Waals surface area contributed by atoms with E-state index in [2.05, 4.69) is 10.5 Å². The molecular formula is C29H28Cl2N4O5S. The number of ether oxygens (including phenoxy) is 2. The molecule has 1 amide bonds. The number of halogens is 2. The topological polar surface area (TPSA) is 102 Å². The molecule has 0 fully saturated rings. The summed E-state index contributed by atoms with van der Waals surface area (Å²) in [5.41, 5.74) is 6.04. The highest BCUT2D eigenvalue weighted by Crippen LogP contribution is 2.32. The molecule has 1 aromatic heterocycles. The van der Waals surface area contributed by atoms with Crippen molar-refractivity contribution in [2.24, 2.45) is 5.10 Å². The molecule has 0 aliphatic carbocycles. The van der Waals surface area contributed by atoms with Crippen molar-refractivity contribution in [1.29, 1.82) is 0 Å². The number of amides is 1. The summed E-state index contributed by atoms with van der Waals surface area (Å²) in [5.74, 6) is -0.0134. The minimum Gasteiger partial charge on any atom is -0.493 e. The van der Waals surface area contributed by atoms with Crippen molar-refractivity contribution in [3.8, 4) is 17.2 Å². The number of sulfonamides is 1. The standard InChI is InChI=1S/C29H28Cl2N4O5S/c1-19-12-21(20(2)35(19)25-14-22(30)13-23(31)15-25)17-32-33-29(36)18-34(24-8-6-5-7-9-24)41(37,38)26-10-11-27(39-3)28(16-26)40-4/h5-17H,18H2,1-4H3,(H,33,36)/b32-17-. The predicted molar refractivity (Wildman–Crippen MR) is 162 cm³/mol. The van der Waals surface area contributed by atoms with Gasteiger partial charge in [0.25, 0.3) is 15.9 Å². The van der Waals surface area contributed by atoms with Crippen LogP contribution < -0.4 is 19.2 Å². The van der Waals surface area contributed by atoms with Gasteiger partial charge < -0.3 is 14.0 Å². The molecule has 9 nitrogen and oxygen atoms in total. The van der Waals surface area contributed by atoms with Crippen LogP contribution in [0.15, 0.2) is 82.8 Å². The lowest BCUT2D eigenvalue weighted by Gasteiger charge is -2.24. The van der Waals surface area contributed by atoms with Crippen LogP contribution in [-0.4, -0.2) is 45.9 Å². The number of nitrogens with zero attached hydrogens (tertiary/aromatic N) is 3. The number of para-hydroxylation sites is 1. The third-order valence-corrected chi connectivity index (χ3v) is 8.45. The molecule has 4 aromatic rings. The summed E-state index contributed by atoms with van der Waals surface area (Å²) in [4.78, 5) is 12.9. The Morgan fingerprint density at radius 2 is 1.61 bits per heavy atom. The third kappa shape index (κ3) is 6.67. The molecule has 0 saturated heterocycles. The van der Waals surface area contributed by atoms with Gasteiger partial charge in [-0.2, -0.15) is 5.10 Å². The Kier molecular flexibility index (Phi) is 9.27. The molecule has 0 radical (unpaired) electrons. The van der Waals surface area contributed by atoms with Gasteiger partial charge in [-0.05, 0) is 62.4 Å². The average molecular weight is 616 g/mol. The zero-order valence-electron chi connectivity index (χ0n) is 22.8. The van der Waals surface area contributed by atoms with Gasteiger partial charge in [0.05, 0.1) is 31.0 Å². The number of rotatable bonds is 10. The lowest BCUT2D eigenvalue weighted by atomic mass is 10.2. The van der Waals surface area contributed by atoms with Crippen LogP contribution in [0, 0.1) is 13.8 Å². The number of aromatic nitrogens is 1. The van der Waals surface area contributed by atoms with Gasteiger partial charge in [-0.25, -0.2) is 13.8 Å². The molecule has 0 saturated carbocycles. The van der Waals surface area contributed by atoms with Crippen molar-refractivity contribution < 1.29 is 22.7 Å². The first kappa shape index (κ1) is 30.0. The summed E-state index contributed by atoms with van der Waals surface area (Å²) in [6, 6.07) is 19.7. The highest BCUT2D eigenvalue weighted by molar-refractivity contribution is 7.92. The van der Waals surface area contributed by atoms with Crippen molar-refractivity contribution in [3.63, 3.8) is 0 Å². The number of nitrogens with one attached hydrogen (secondary N) is 1. The Bertz CT molecular complexity index is 1690. The fourth-order valence-corrected chi connectivity index (χ4v) is 6.29. The molecule has 3 aromatic carbocycles. The minimum atomic E-state index is -4.17. The monoisotopic (exact) mass is 614 g/mol. The van der Waals surface area contributed by atoms with Crippen molar-refractivity contribution >= 4 is 51.0 Å². The number of anilines is 1. The van der Waals surface area contributed by atoms with Gasteiger partial charge in [-0.15, -0.1) is 0 Å². The lowest BCUT2D eigenvalue weighted by Crippen LogP contribution is -2.39. The molecule has 214 valence electrons. The van der Waals surface area contributed by atoms with Crippen molar-refractivity contribution in [3.05, 3.63) is 99.8 Å². The van der Waals surface area contributed by atoms with Crippen LogP contribution in [0.5, 0.6) is 11.5 Å². The van der Waals surface area contributed by atoms with Gasteiger partial charge in [-0.1, -0.05) is 41.4 Å². The van der Waals surface area contributed by atoms with Gasteiger partial charge in [-0.3, -0.25) is 9.10 Å². The lowest BCUT2D eigenvalue weighted by molar-refractivity contribution is -0.119. The second-order valence-electron chi connectivity index (χ2n) is 8.95. The molecule has 0 aliphatic heterocycles. The van der Waals surface area contributed by atoms with E-state index in [1.165, 1.54) is 38.6 Å². The normalized spacial score (nSPS) is 11.5. The zero-order valence-corrected chi connectivity index (χ0v) is 25.1. The number of carbonyl (C=O) groups excluding carboxylic acids is 1. The fourth-order valence-electron chi connectivity index (χ4n) is 4.34. The number of benzene rings is 3. The molecule has 0 unspecified atom stereocenters. The van der Waals surface area contributed by atoms with E-state index in [1.807, 2.05) is 24.5 Å². The Labute approximate surface area is 249 Å². The van der Waals surface area contributed by atoms with E-state index in [0.717, 1.165) is 26.9 Å². The van der Waals surface area contributed by atoms with Gasteiger partial charge in [0, 0.05) is 38.8 Å². The highest BCUT2D eigenvalue weighted by atomic mass is 35.5. The molecule has 1 N–H and O–H groups in total. The minimum absolute atomic E-state index is 0.0659. The van der Waals surface area contributed by atoms with Crippen LogP contribution in [0.25, 0.3) is 5.69 Å². The summed E-state index contributed by atoms with van der Waals surface area (Å²) in [5, 5.41) is 5.10. The first-order valence-corrected chi connectivity index (χ1v) is 14.5. The summed E-state index contributed by atoms with van der Waals surface area (Å²) >= 11 is 12.4. The van der Waals surface area contributed by atoms with Gasteiger partial charge in [0.2, 0.25) is 0 Å². The number of hydrogen-bond donors (Lipinski definition) is 1. The second-order valence-corrected chi connectivity index (χ2v) is 11.7. The van der Waals surface area contributed by atoms with E-state index < -0.39 is 22.5 Å². The maximum atomic E-state index is 13.7. The Morgan fingerprint density at radius 3 is 2.24 bits per heavy atom. The Morgan fingerprint density at radius 1 is 0.951 bits per heavy atom. The second kappa shape index (κ2) is 12.7. The van der Waals surface area contributed by atoms with E-state index in [1.54, 1.807) is 48.5 Å². The van der Waals surface area contributed by atoms with Crippen molar-refractivity contribution in [2.75, 3.05) is 25.1 Å². The summed E-state index contributed by atoms with van der Waals surface area (Å²) < 4.78 is 40.8. The van der Waals surface area contributed by atoms with E-state index >= 15 is 0 Å². The maximum absolute atomic E-state index is 13.7. The van der Waals surface area contributed by atoms with Gasteiger partial charge >= 0.3 is 0 Å². The quantitative estimate of drug-likeness (QED) is 0.181. The fraction of sp³-hybridized carbons (Fsp3) is 0.172. The SMILES string of the molecule is COc1ccc(S(=O)(=O)N(CC(=O)N/N=C\c2cc(C)n(-c3cc(Cl)cc(Cl)c3)c2C)c2ccccc2)cc1OC. The number of carbonyl (C=O) groups is 1. The zero-order chi connectivity index (χ0) is 29.7. The molecule has 1 heterocycles. The van der Waals surface area contributed by atoms with Crippen LogP contribution in [0.1, 0.15) is 17.0 Å². The molecule has 12 heteroatoms. The molecule has 0 spiro atoms. The molecule has 0 atom stereocenters. The summed E-state index contributed by atoms with van der Waals surface area (Å²) in [6.07, 6.45) is 1.50. The van der Waals surface area contributed by atoms with E-state index in [0.29, 0.717) is 21.5 Å². The summed E-state index contributed by atoms with van der Waals surface area (Å²) in [7, 11) is -1.30. The van der Waals surface area contributed by atoms with Crippen LogP contribution in [0.4, 0.5) is 5.69 Å². The van der Waals surface area contributed by atoms with Crippen molar-refractivity contribution in [1.82, 2.24) is 9.99 Å². The molecule has 0 aliphatic rings.